The second-order valence-electron chi connectivity index (χ2n) is 0. The Morgan fingerprint density at radius 3 is 0.571 bits per heavy atom. The van der Waals surface area contributed by atoms with Gasteiger partial charge in [-0.3, -0.25) is 0 Å². The van der Waals surface area contributed by atoms with Gasteiger partial charge in [0.1, 0.15) is 0 Å². The minimum absolute atomic E-state index is 0. The zero-order valence-corrected chi connectivity index (χ0v) is 9.67. The van der Waals surface area contributed by atoms with E-state index in [9.17, 15) is 0 Å². The molecule has 40 valence electrons. The zero-order chi connectivity index (χ0) is 0. The number of rotatable bonds is 0. The maximum Gasteiger partial charge on any atom is 5.00 e. The van der Waals surface area contributed by atoms with Crippen LogP contribution < -0.4 is 0 Å². The minimum atomic E-state index is 0. The fourth-order valence-corrected chi connectivity index (χ4v) is 0. The summed E-state index contributed by atoms with van der Waals surface area (Å²) in [6.07, 6.45) is 0. The topological polar surface area (TPSA) is 146 Å². The van der Waals surface area contributed by atoms with Gasteiger partial charge in [-0.25, -0.2) is 0 Å². The average Bonchev–Trinajstić information content (AvgIpc) is 0. The Morgan fingerprint density at radius 2 is 0.571 bits per heavy atom. The molecule has 0 saturated heterocycles. The van der Waals surface area contributed by atoms with Crippen LogP contribution >= 0.6 is 0 Å². The third kappa shape index (κ3) is 109. The number of hydrogen-bond donors (Lipinski definition) is 0. The molecule has 0 aliphatic rings. The van der Waals surface area contributed by atoms with Crippen molar-refractivity contribution >= 4 is 25.8 Å². The van der Waals surface area contributed by atoms with Gasteiger partial charge >= 0.3 is 48.2 Å². The van der Waals surface area contributed by atoms with E-state index in [0.717, 1.165) is 0 Å². The molecular formula is H2InO5Ta. The Labute approximate surface area is 75.3 Å². The summed E-state index contributed by atoms with van der Waals surface area (Å²) in [5.41, 5.74) is 0. The Kier molecular flexibility index (Phi) is 5080. The van der Waals surface area contributed by atoms with E-state index in [2.05, 4.69) is 0 Å². The van der Waals surface area contributed by atoms with E-state index in [0.29, 0.717) is 0 Å². The van der Waals surface area contributed by atoms with Crippen LogP contribution in [0.25, 0.3) is 0 Å². The van der Waals surface area contributed by atoms with Crippen LogP contribution in [0.15, 0.2) is 0 Å². The molecule has 0 spiro atoms. The molecule has 0 aromatic heterocycles. The summed E-state index contributed by atoms with van der Waals surface area (Å²) < 4.78 is 0. The Balaban J connectivity index is 0. The van der Waals surface area contributed by atoms with Gasteiger partial charge in [-0.15, -0.1) is 0 Å². The molecule has 0 bridgehead atoms. The monoisotopic (exact) mass is 378 g/mol. The quantitative estimate of drug-likeness (QED) is 0.474. The van der Waals surface area contributed by atoms with E-state index in [1.807, 2.05) is 0 Å². The van der Waals surface area contributed by atoms with E-state index in [1.54, 1.807) is 0 Å². The summed E-state index contributed by atoms with van der Waals surface area (Å²) >= 11 is 0. The van der Waals surface area contributed by atoms with Gasteiger partial charge < -0.3 is 27.4 Å². The van der Waals surface area contributed by atoms with Gasteiger partial charge in [-0.05, 0) is 0 Å². The summed E-state index contributed by atoms with van der Waals surface area (Å²) in [5, 5.41) is 0. The molecule has 0 atom stereocenters. The largest absolute Gasteiger partial charge is 5.00 e. The molecule has 0 unspecified atom stereocenters. The summed E-state index contributed by atoms with van der Waals surface area (Å²) in [6, 6.07) is 0. The third-order valence-electron chi connectivity index (χ3n) is 0. The second kappa shape index (κ2) is 153. The Bertz CT molecular complexity index is 8.04. The first-order valence-electron chi connectivity index (χ1n) is 0. The van der Waals surface area contributed by atoms with Gasteiger partial charge in [0.25, 0.3) is 0 Å². The van der Waals surface area contributed by atoms with Crippen LogP contribution in [-0.2, 0) is 44.3 Å². The molecule has 0 fully saturated rings. The average molecular weight is 378 g/mol. The Morgan fingerprint density at radius 1 is 0.571 bits per heavy atom. The normalized spacial score (nSPS) is 0. The standard InChI is InChI=1S/In.H2O.4O.Ta/h;1H2;;;;;/q+3;;4*-2;+5. The molecule has 0 amide bonds. The minimum Gasteiger partial charge on any atom is -2.00 e. The molecule has 0 aliphatic carbocycles. The fourth-order valence-electron chi connectivity index (χ4n) is 0. The van der Waals surface area contributed by atoms with Crippen molar-refractivity contribution in [1.82, 2.24) is 0 Å². The molecule has 7 heteroatoms. The van der Waals surface area contributed by atoms with Crippen molar-refractivity contribution in [2.24, 2.45) is 0 Å². The first-order valence-corrected chi connectivity index (χ1v) is 0. The van der Waals surface area contributed by atoms with E-state index in [-0.39, 0.29) is 75.6 Å². The van der Waals surface area contributed by atoms with Crippen LogP contribution in [0.5, 0.6) is 0 Å². The zero-order valence-electron chi connectivity index (χ0n) is 3.16. The molecule has 0 saturated carbocycles. The van der Waals surface area contributed by atoms with Crippen LogP contribution in [0, 0.1) is 0 Å². The molecule has 0 heterocycles. The van der Waals surface area contributed by atoms with Gasteiger partial charge in [-0.2, -0.15) is 0 Å². The van der Waals surface area contributed by atoms with Crippen LogP contribution in [0.4, 0.5) is 0 Å². The molecule has 5 nitrogen and oxygen atoms in total. The van der Waals surface area contributed by atoms with Crippen molar-refractivity contribution in [2.75, 3.05) is 0 Å². The van der Waals surface area contributed by atoms with Crippen molar-refractivity contribution in [3.8, 4) is 0 Å². The summed E-state index contributed by atoms with van der Waals surface area (Å²) in [4.78, 5) is 0. The molecule has 2 N–H and O–H groups in total. The van der Waals surface area contributed by atoms with Gasteiger partial charge in [-0.1, -0.05) is 0 Å². The van der Waals surface area contributed by atoms with Crippen molar-refractivity contribution in [3.63, 3.8) is 0 Å². The first-order chi connectivity index (χ1) is 0. The van der Waals surface area contributed by atoms with Gasteiger partial charge in [0, 0.05) is 0 Å². The van der Waals surface area contributed by atoms with Gasteiger partial charge in [0.2, 0.25) is 0 Å². The molecule has 0 aromatic carbocycles. The summed E-state index contributed by atoms with van der Waals surface area (Å²) in [7, 11) is 0. The van der Waals surface area contributed by atoms with Crippen molar-refractivity contribution < 1.29 is 49.8 Å². The molecular weight excluding hydrogens is 376 g/mol. The van der Waals surface area contributed by atoms with Crippen molar-refractivity contribution in [1.29, 1.82) is 0 Å². The first kappa shape index (κ1) is 232. The van der Waals surface area contributed by atoms with Crippen LogP contribution in [0.3, 0.4) is 0 Å². The predicted molar refractivity (Wildman–Crippen MR) is 12.1 cm³/mol. The van der Waals surface area contributed by atoms with Crippen LogP contribution in [0.2, 0.25) is 0 Å². The molecule has 0 aliphatic heterocycles. The predicted octanol–water partition coefficient (Wildman–Crippen LogP) is -1.68. The Hall–Kier alpha value is 1.41. The number of hydrogen-bond acceptors (Lipinski definition) is 0. The maximum atomic E-state index is 0. The molecule has 0 aromatic rings. The summed E-state index contributed by atoms with van der Waals surface area (Å²) in [6.45, 7) is 0. The van der Waals surface area contributed by atoms with Crippen molar-refractivity contribution in [3.05, 3.63) is 0 Å². The van der Waals surface area contributed by atoms with E-state index in [1.165, 1.54) is 0 Å². The SMILES string of the molecule is O.[In+3].[O-2].[O-2].[O-2].[O-2].[Ta+5]. The van der Waals surface area contributed by atoms with Crippen LogP contribution in [-0.4, -0.2) is 31.3 Å². The van der Waals surface area contributed by atoms with Gasteiger partial charge in [0.05, 0.1) is 0 Å². The third-order valence-corrected chi connectivity index (χ3v) is 0. The molecule has 7 heavy (non-hydrogen) atoms. The fraction of sp³-hybridized carbons (Fsp3) is 0. The second-order valence-corrected chi connectivity index (χ2v) is 0. The van der Waals surface area contributed by atoms with Gasteiger partial charge in [0.15, 0.2) is 0 Å². The van der Waals surface area contributed by atoms with E-state index < -0.39 is 0 Å². The van der Waals surface area contributed by atoms with E-state index in [4.69, 9.17) is 0 Å². The molecule has 0 rings (SSSR count). The summed E-state index contributed by atoms with van der Waals surface area (Å²) in [5.74, 6) is 0. The van der Waals surface area contributed by atoms with Crippen LogP contribution in [0.1, 0.15) is 0 Å². The van der Waals surface area contributed by atoms with Crippen molar-refractivity contribution in [2.45, 2.75) is 0 Å². The smallest absolute Gasteiger partial charge is 2.00 e. The maximum absolute atomic E-state index is 0. The molecule has 0 radical (unpaired) electrons. The van der Waals surface area contributed by atoms with E-state index >= 15 is 0 Å².